The van der Waals surface area contributed by atoms with E-state index in [4.69, 9.17) is 33.7 Å². The largest absolute Gasteiger partial charge is 0.363 e. The maximum absolute atomic E-state index is 11.7. The number of amides is 1. The lowest BCUT2D eigenvalue weighted by Crippen LogP contribution is -2.42. The van der Waals surface area contributed by atoms with Crippen molar-refractivity contribution in [2.45, 2.75) is 25.3 Å². The Morgan fingerprint density at radius 3 is 2.79 bits per heavy atom. The topological polar surface area (TPSA) is 86.3 Å². The highest BCUT2D eigenvalue weighted by molar-refractivity contribution is 6.31. The first-order valence-electron chi connectivity index (χ1n) is 9.14. The normalized spacial score (nSPS) is 23.2. The molecule has 1 saturated heterocycles. The number of hydrogen-bond acceptors (Lipinski definition) is 5. The number of rotatable bonds is 2. The molecule has 5 rings (SSSR count). The molecule has 3 aromatic rings. The number of nitrogens with zero attached hydrogens (tertiary/aromatic N) is 4. The molecule has 1 amide bonds. The molecule has 2 atom stereocenters. The van der Waals surface area contributed by atoms with Gasteiger partial charge in [0.1, 0.15) is 5.82 Å². The average molecular weight is 430 g/mol. The average Bonchev–Trinajstić information content (AvgIpc) is 3.22. The fraction of sp³-hybridized carbons (Fsp3) is 0.250. The van der Waals surface area contributed by atoms with E-state index in [0.29, 0.717) is 34.6 Å². The van der Waals surface area contributed by atoms with Gasteiger partial charge in [-0.2, -0.15) is 0 Å². The number of ether oxygens (including phenoxy) is 1. The Hall–Kier alpha value is -2.45. The molecule has 2 aliphatic rings. The maximum atomic E-state index is 11.7. The van der Waals surface area contributed by atoms with E-state index in [1.165, 1.54) is 0 Å². The van der Waals surface area contributed by atoms with Crippen LogP contribution in [0.25, 0.3) is 5.69 Å². The zero-order valence-corrected chi connectivity index (χ0v) is 17.0. The van der Waals surface area contributed by atoms with Crippen LogP contribution in [0.3, 0.4) is 0 Å². The molecule has 2 unspecified atom stereocenters. The first-order valence-corrected chi connectivity index (χ1v) is 9.90. The standard InChI is InChI=1S/C20H17Cl2N5O2/c1-11-9-26-10-17-24-19(18(23)28)25-27(17)16-7-6-12(21)8-14(16)20(26,29-11)13-4-2-3-5-15(13)22/h2-8,11H,9-10H2,1H3,(H2,23,28). The van der Waals surface area contributed by atoms with E-state index in [1.807, 2.05) is 43.3 Å². The van der Waals surface area contributed by atoms with Crippen LogP contribution in [-0.2, 0) is 17.0 Å². The molecule has 148 valence electrons. The Kier molecular flexibility index (Phi) is 4.18. The van der Waals surface area contributed by atoms with Crippen LogP contribution in [0.2, 0.25) is 10.0 Å². The van der Waals surface area contributed by atoms with E-state index in [-0.39, 0.29) is 11.9 Å². The lowest BCUT2D eigenvalue weighted by Gasteiger charge is -2.37. The molecule has 2 aliphatic heterocycles. The van der Waals surface area contributed by atoms with Gasteiger partial charge in [-0.15, -0.1) is 5.10 Å². The predicted octanol–water partition coefficient (Wildman–Crippen LogP) is 3.11. The second kappa shape index (κ2) is 6.53. The Morgan fingerprint density at radius 2 is 2.03 bits per heavy atom. The van der Waals surface area contributed by atoms with Gasteiger partial charge in [0.05, 0.1) is 18.3 Å². The minimum atomic E-state index is -0.965. The second-order valence-corrected chi connectivity index (χ2v) is 8.07. The molecule has 0 bridgehead atoms. The van der Waals surface area contributed by atoms with Gasteiger partial charge >= 0.3 is 0 Å². The number of aromatic nitrogens is 3. The van der Waals surface area contributed by atoms with Crippen molar-refractivity contribution in [1.82, 2.24) is 19.7 Å². The molecular weight excluding hydrogens is 413 g/mol. The van der Waals surface area contributed by atoms with Gasteiger partial charge in [-0.05, 0) is 31.2 Å². The van der Waals surface area contributed by atoms with E-state index in [2.05, 4.69) is 15.0 Å². The number of hydrogen-bond donors (Lipinski definition) is 1. The van der Waals surface area contributed by atoms with Crippen molar-refractivity contribution in [3.8, 4) is 5.69 Å². The van der Waals surface area contributed by atoms with Crippen LogP contribution in [0.5, 0.6) is 0 Å². The van der Waals surface area contributed by atoms with Gasteiger partial charge in [-0.25, -0.2) is 9.67 Å². The van der Waals surface area contributed by atoms with Crippen LogP contribution >= 0.6 is 23.2 Å². The summed E-state index contributed by atoms with van der Waals surface area (Å²) in [6.07, 6.45) is -0.0665. The summed E-state index contributed by atoms with van der Waals surface area (Å²) in [5.41, 5.74) is 6.76. The van der Waals surface area contributed by atoms with E-state index in [0.717, 1.165) is 11.1 Å². The predicted molar refractivity (Wildman–Crippen MR) is 108 cm³/mol. The van der Waals surface area contributed by atoms with Crippen molar-refractivity contribution in [1.29, 1.82) is 0 Å². The quantitative estimate of drug-likeness (QED) is 0.675. The molecule has 2 N–H and O–H groups in total. The maximum Gasteiger partial charge on any atom is 0.288 e. The summed E-state index contributed by atoms with van der Waals surface area (Å²) in [5.74, 6) is -0.113. The molecule has 0 aliphatic carbocycles. The summed E-state index contributed by atoms with van der Waals surface area (Å²) in [6.45, 7) is 3.04. The number of benzene rings is 2. The SMILES string of the molecule is CC1CN2Cc3nc(C(N)=O)nn3-c3ccc(Cl)cc3C2(c2ccccc2Cl)O1. The Balaban J connectivity index is 1.85. The van der Waals surface area contributed by atoms with Gasteiger partial charge in [0.2, 0.25) is 5.82 Å². The third-order valence-electron chi connectivity index (χ3n) is 5.31. The third kappa shape index (κ3) is 2.69. The zero-order valence-electron chi connectivity index (χ0n) is 15.5. The lowest BCUT2D eigenvalue weighted by atomic mass is 9.91. The van der Waals surface area contributed by atoms with Crippen molar-refractivity contribution in [3.63, 3.8) is 0 Å². The van der Waals surface area contributed by atoms with Crippen LogP contribution in [0.4, 0.5) is 0 Å². The van der Waals surface area contributed by atoms with Crippen LogP contribution in [0.15, 0.2) is 42.5 Å². The summed E-state index contributed by atoms with van der Waals surface area (Å²) in [4.78, 5) is 18.2. The fourth-order valence-electron chi connectivity index (χ4n) is 4.25. The molecule has 1 aromatic heterocycles. The Bertz CT molecular complexity index is 1150. The second-order valence-electron chi connectivity index (χ2n) is 7.22. The van der Waals surface area contributed by atoms with Gasteiger partial charge in [0, 0.05) is 27.7 Å². The molecule has 7 nitrogen and oxygen atoms in total. The fourth-order valence-corrected chi connectivity index (χ4v) is 4.68. The number of carbonyl (C=O) groups excluding carboxylic acids is 1. The monoisotopic (exact) mass is 429 g/mol. The van der Waals surface area contributed by atoms with Crippen molar-refractivity contribution >= 4 is 29.1 Å². The molecule has 9 heteroatoms. The van der Waals surface area contributed by atoms with Crippen molar-refractivity contribution in [2.75, 3.05) is 6.54 Å². The van der Waals surface area contributed by atoms with Crippen LogP contribution in [-0.4, -0.2) is 38.2 Å². The first kappa shape index (κ1) is 18.6. The van der Waals surface area contributed by atoms with E-state index in [9.17, 15) is 4.79 Å². The molecule has 2 aromatic carbocycles. The first-order chi connectivity index (χ1) is 13.9. The molecule has 0 spiro atoms. The van der Waals surface area contributed by atoms with Gasteiger partial charge in [-0.3, -0.25) is 9.69 Å². The summed E-state index contributed by atoms with van der Waals surface area (Å²) < 4.78 is 8.22. The lowest BCUT2D eigenvalue weighted by molar-refractivity contribution is -0.0757. The molecular formula is C20H17Cl2N5O2. The number of carbonyl (C=O) groups is 1. The Labute approximate surface area is 177 Å². The van der Waals surface area contributed by atoms with Crippen LogP contribution in [0.1, 0.15) is 34.5 Å². The summed E-state index contributed by atoms with van der Waals surface area (Å²) >= 11 is 13.0. The van der Waals surface area contributed by atoms with Crippen LogP contribution in [0, 0.1) is 0 Å². The number of primary amides is 1. The van der Waals surface area contributed by atoms with Gasteiger partial charge in [0.15, 0.2) is 5.72 Å². The van der Waals surface area contributed by atoms with E-state index in [1.54, 1.807) is 10.7 Å². The zero-order chi connectivity index (χ0) is 20.3. The van der Waals surface area contributed by atoms with Gasteiger partial charge < -0.3 is 10.5 Å². The van der Waals surface area contributed by atoms with Crippen molar-refractivity contribution in [3.05, 3.63) is 75.3 Å². The summed E-state index contributed by atoms with van der Waals surface area (Å²) in [5, 5.41) is 5.49. The molecule has 0 radical (unpaired) electrons. The number of nitrogens with two attached hydrogens (primary N) is 1. The molecule has 1 fully saturated rings. The van der Waals surface area contributed by atoms with Gasteiger partial charge in [-0.1, -0.05) is 41.4 Å². The summed E-state index contributed by atoms with van der Waals surface area (Å²) in [6, 6.07) is 13.1. The third-order valence-corrected chi connectivity index (χ3v) is 5.88. The smallest absolute Gasteiger partial charge is 0.288 e. The minimum absolute atomic E-state index is 0.0284. The summed E-state index contributed by atoms with van der Waals surface area (Å²) in [7, 11) is 0. The van der Waals surface area contributed by atoms with E-state index < -0.39 is 11.6 Å². The van der Waals surface area contributed by atoms with E-state index >= 15 is 0 Å². The van der Waals surface area contributed by atoms with Gasteiger partial charge in [0.25, 0.3) is 5.91 Å². The number of halogens is 2. The Morgan fingerprint density at radius 1 is 1.24 bits per heavy atom. The van der Waals surface area contributed by atoms with Crippen molar-refractivity contribution < 1.29 is 9.53 Å². The minimum Gasteiger partial charge on any atom is -0.363 e. The highest BCUT2D eigenvalue weighted by Crippen LogP contribution is 2.49. The van der Waals surface area contributed by atoms with Crippen LogP contribution < -0.4 is 5.73 Å². The highest BCUT2D eigenvalue weighted by Gasteiger charge is 2.52. The van der Waals surface area contributed by atoms with Crippen molar-refractivity contribution in [2.24, 2.45) is 5.73 Å². The molecule has 29 heavy (non-hydrogen) atoms. The number of fused-ring (bicyclic) bond motifs is 5. The molecule has 0 saturated carbocycles. The molecule has 3 heterocycles. The highest BCUT2D eigenvalue weighted by atomic mass is 35.5.